The van der Waals surface area contributed by atoms with Crippen LogP contribution in [0, 0.1) is 0 Å². The Kier molecular flexibility index (Phi) is 3.78. The van der Waals surface area contributed by atoms with Gasteiger partial charge in [-0.3, -0.25) is 0 Å². The molecular formula is C12H10Cl2F2N2O. The topological polar surface area (TPSA) is 38.9 Å². The van der Waals surface area contributed by atoms with Crippen molar-refractivity contribution in [1.82, 2.24) is 10.2 Å². The summed E-state index contributed by atoms with van der Waals surface area (Å²) in [6.07, 6.45) is 0. The minimum Gasteiger partial charge on any atom is -0.419 e. The number of halogens is 4. The maximum atomic E-state index is 14.2. The lowest BCUT2D eigenvalue weighted by atomic mass is 10.1. The lowest BCUT2D eigenvalue weighted by molar-refractivity contribution is 0.0118. The monoisotopic (exact) mass is 306 g/mol. The van der Waals surface area contributed by atoms with E-state index < -0.39 is 11.8 Å². The molecular weight excluding hydrogens is 297 g/mol. The highest BCUT2D eigenvalue weighted by Gasteiger charge is 2.40. The van der Waals surface area contributed by atoms with Gasteiger partial charge in [0, 0.05) is 11.5 Å². The molecule has 102 valence electrons. The van der Waals surface area contributed by atoms with Gasteiger partial charge in [-0.1, -0.05) is 43.1 Å². The molecule has 0 atom stereocenters. The molecule has 0 aliphatic carbocycles. The van der Waals surface area contributed by atoms with Gasteiger partial charge < -0.3 is 4.42 Å². The molecule has 0 fully saturated rings. The summed E-state index contributed by atoms with van der Waals surface area (Å²) >= 11 is 11.4. The Morgan fingerprint density at radius 1 is 1.16 bits per heavy atom. The molecule has 19 heavy (non-hydrogen) atoms. The molecule has 0 spiro atoms. The Bertz CT molecular complexity index is 599. The first-order valence-electron chi connectivity index (χ1n) is 5.49. The summed E-state index contributed by atoms with van der Waals surface area (Å²) in [4.78, 5) is 0. The fraction of sp³-hybridized carbons (Fsp3) is 0.333. The summed E-state index contributed by atoms with van der Waals surface area (Å²) in [5.41, 5.74) is -0.346. The zero-order chi connectivity index (χ0) is 14.2. The van der Waals surface area contributed by atoms with Gasteiger partial charge in [0.1, 0.15) is 0 Å². The van der Waals surface area contributed by atoms with Crippen molar-refractivity contribution in [3.8, 4) is 0 Å². The summed E-state index contributed by atoms with van der Waals surface area (Å²) in [6.45, 7) is 3.54. The molecule has 1 aromatic heterocycles. The van der Waals surface area contributed by atoms with Gasteiger partial charge in [0.05, 0.1) is 10.0 Å². The molecule has 0 radical (unpaired) electrons. The summed E-state index contributed by atoms with van der Waals surface area (Å²) < 4.78 is 33.3. The number of nitrogens with zero attached hydrogens (tertiary/aromatic N) is 2. The van der Waals surface area contributed by atoms with E-state index in [2.05, 4.69) is 10.2 Å². The number of hydrogen-bond donors (Lipinski definition) is 0. The van der Waals surface area contributed by atoms with Crippen LogP contribution in [-0.4, -0.2) is 10.2 Å². The Balaban J connectivity index is 2.42. The van der Waals surface area contributed by atoms with E-state index in [-0.39, 0.29) is 27.4 Å². The van der Waals surface area contributed by atoms with Crippen LogP contribution in [0.2, 0.25) is 10.0 Å². The minimum atomic E-state index is -3.41. The van der Waals surface area contributed by atoms with Crippen molar-refractivity contribution in [2.24, 2.45) is 0 Å². The SMILES string of the molecule is CC(C)c1nnc(C(F)(F)c2ccc(Cl)c(Cl)c2)o1. The van der Waals surface area contributed by atoms with Crippen LogP contribution >= 0.6 is 23.2 Å². The first-order chi connectivity index (χ1) is 8.82. The van der Waals surface area contributed by atoms with Crippen molar-refractivity contribution in [3.05, 3.63) is 45.6 Å². The van der Waals surface area contributed by atoms with E-state index in [9.17, 15) is 8.78 Å². The first-order valence-corrected chi connectivity index (χ1v) is 6.25. The molecule has 2 rings (SSSR count). The molecule has 2 aromatic rings. The third-order valence-corrected chi connectivity index (χ3v) is 3.22. The highest BCUT2D eigenvalue weighted by atomic mass is 35.5. The van der Waals surface area contributed by atoms with Gasteiger partial charge >= 0.3 is 5.92 Å². The van der Waals surface area contributed by atoms with Crippen molar-refractivity contribution >= 4 is 23.2 Å². The summed E-state index contributed by atoms with van der Waals surface area (Å²) in [5, 5.41) is 7.23. The van der Waals surface area contributed by atoms with Gasteiger partial charge in [-0.25, -0.2) is 0 Å². The molecule has 0 amide bonds. The fourth-order valence-corrected chi connectivity index (χ4v) is 1.71. The number of alkyl halides is 2. The Hall–Kier alpha value is -1.20. The predicted octanol–water partition coefficient (Wildman–Crippen LogP) is 4.64. The predicted molar refractivity (Wildman–Crippen MR) is 67.8 cm³/mol. The zero-order valence-corrected chi connectivity index (χ0v) is 11.6. The van der Waals surface area contributed by atoms with Gasteiger partial charge in [-0.2, -0.15) is 8.78 Å². The summed E-state index contributed by atoms with van der Waals surface area (Å²) in [5.74, 6) is -4.12. The Labute approximate surface area is 118 Å². The number of benzene rings is 1. The lowest BCUT2D eigenvalue weighted by Crippen LogP contribution is -2.15. The number of aromatic nitrogens is 2. The third-order valence-electron chi connectivity index (χ3n) is 2.49. The molecule has 0 saturated heterocycles. The molecule has 3 nitrogen and oxygen atoms in total. The second-order valence-electron chi connectivity index (χ2n) is 4.30. The Morgan fingerprint density at radius 2 is 1.84 bits per heavy atom. The molecule has 0 aliphatic rings. The van der Waals surface area contributed by atoms with E-state index in [1.54, 1.807) is 13.8 Å². The molecule has 0 aliphatic heterocycles. The fourth-order valence-electron chi connectivity index (χ4n) is 1.41. The van der Waals surface area contributed by atoms with E-state index in [1.165, 1.54) is 12.1 Å². The van der Waals surface area contributed by atoms with Crippen LogP contribution < -0.4 is 0 Å². The van der Waals surface area contributed by atoms with Crippen LogP contribution in [-0.2, 0) is 5.92 Å². The van der Waals surface area contributed by atoms with Crippen LogP contribution in [0.3, 0.4) is 0 Å². The summed E-state index contributed by atoms with van der Waals surface area (Å²) in [6, 6.07) is 3.56. The second-order valence-corrected chi connectivity index (χ2v) is 5.12. The smallest absolute Gasteiger partial charge is 0.349 e. The van der Waals surface area contributed by atoms with Crippen LogP contribution in [0.15, 0.2) is 22.6 Å². The first kappa shape index (κ1) is 14.2. The van der Waals surface area contributed by atoms with Crippen LogP contribution in [0.4, 0.5) is 8.78 Å². The quantitative estimate of drug-likeness (QED) is 0.829. The van der Waals surface area contributed by atoms with Gasteiger partial charge in [-0.15, -0.1) is 10.2 Å². The van der Waals surface area contributed by atoms with E-state index in [1.807, 2.05) is 0 Å². The molecule has 1 heterocycles. The van der Waals surface area contributed by atoms with E-state index >= 15 is 0 Å². The standard InChI is InChI=1S/C12H10Cl2F2N2O/c1-6(2)10-17-18-11(19-10)12(15,16)7-3-4-8(13)9(14)5-7/h3-6H,1-2H3. The zero-order valence-electron chi connectivity index (χ0n) is 10.1. The van der Waals surface area contributed by atoms with Crippen molar-refractivity contribution in [3.63, 3.8) is 0 Å². The van der Waals surface area contributed by atoms with Crippen LogP contribution in [0.25, 0.3) is 0 Å². The van der Waals surface area contributed by atoms with Gasteiger partial charge in [0.2, 0.25) is 5.89 Å². The van der Waals surface area contributed by atoms with Crippen molar-refractivity contribution in [2.75, 3.05) is 0 Å². The van der Waals surface area contributed by atoms with Crippen molar-refractivity contribution < 1.29 is 13.2 Å². The lowest BCUT2D eigenvalue weighted by Gasteiger charge is -2.12. The largest absolute Gasteiger partial charge is 0.419 e. The highest BCUT2D eigenvalue weighted by Crippen LogP contribution is 2.37. The maximum absolute atomic E-state index is 14.2. The third kappa shape index (κ3) is 2.72. The molecule has 7 heteroatoms. The molecule has 0 N–H and O–H groups in total. The van der Waals surface area contributed by atoms with Gasteiger partial charge in [0.25, 0.3) is 5.89 Å². The average Bonchev–Trinajstić information content (AvgIpc) is 2.82. The molecule has 0 bridgehead atoms. The molecule has 1 aromatic carbocycles. The Morgan fingerprint density at radius 3 is 2.37 bits per heavy atom. The van der Waals surface area contributed by atoms with Crippen molar-refractivity contribution in [2.45, 2.75) is 25.7 Å². The molecule has 0 saturated carbocycles. The van der Waals surface area contributed by atoms with E-state index in [4.69, 9.17) is 27.6 Å². The number of rotatable bonds is 3. The second kappa shape index (κ2) is 5.06. The molecule has 0 unspecified atom stereocenters. The van der Waals surface area contributed by atoms with E-state index in [0.29, 0.717) is 0 Å². The van der Waals surface area contributed by atoms with E-state index in [0.717, 1.165) is 6.07 Å². The van der Waals surface area contributed by atoms with Gasteiger partial charge in [-0.05, 0) is 12.1 Å². The summed E-state index contributed by atoms with van der Waals surface area (Å²) in [7, 11) is 0. The van der Waals surface area contributed by atoms with Gasteiger partial charge in [0.15, 0.2) is 0 Å². The average molecular weight is 307 g/mol. The van der Waals surface area contributed by atoms with Crippen LogP contribution in [0.5, 0.6) is 0 Å². The minimum absolute atomic E-state index is 0.0439. The maximum Gasteiger partial charge on any atom is 0.349 e. The normalized spacial score (nSPS) is 12.2. The highest BCUT2D eigenvalue weighted by molar-refractivity contribution is 6.42. The number of hydrogen-bond acceptors (Lipinski definition) is 3. The van der Waals surface area contributed by atoms with Crippen molar-refractivity contribution in [1.29, 1.82) is 0 Å². The van der Waals surface area contributed by atoms with Crippen LogP contribution in [0.1, 0.15) is 37.1 Å².